The molecule has 0 aliphatic heterocycles. The lowest BCUT2D eigenvalue weighted by Gasteiger charge is -2.20. The summed E-state index contributed by atoms with van der Waals surface area (Å²) in [6.07, 6.45) is -0.538. The number of halogens is 3. The van der Waals surface area contributed by atoms with Crippen LogP contribution in [0.3, 0.4) is 0 Å². The van der Waals surface area contributed by atoms with E-state index in [2.05, 4.69) is 15.1 Å². The van der Waals surface area contributed by atoms with Crippen LogP contribution in [0.5, 0.6) is 0 Å². The van der Waals surface area contributed by atoms with E-state index in [-0.39, 0.29) is 17.8 Å². The first kappa shape index (κ1) is 19.5. The Morgan fingerprint density at radius 1 is 1.07 bits per heavy atom. The van der Waals surface area contributed by atoms with Crippen LogP contribution in [0.2, 0.25) is 0 Å². The standard InChI is InChI=1S/C19H18F3N5O/c1-12(2)26(3)18(28)16-6-4-13(10-23-16)15-8-9-27(25-15)17-7-5-14(11-24-17)19(20,21)22/h4-12H,1-3H3. The van der Waals surface area contributed by atoms with Crippen molar-refractivity contribution in [3.8, 4) is 17.1 Å². The zero-order valence-corrected chi connectivity index (χ0v) is 15.5. The molecule has 0 saturated carbocycles. The minimum Gasteiger partial charge on any atom is -0.338 e. The second-order valence-electron chi connectivity index (χ2n) is 6.49. The van der Waals surface area contributed by atoms with Crippen LogP contribution in [0, 0.1) is 0 Å². The number of hydrogen-bond acceptors (Lipinski definition) is 4. The predicted octanol–water partition coefficient (Wildman–Crippen LogP) is 3.83. The quantitative estimate of drug-likeness (QED) is 0.680. The van der Waals surface area contributed by atoms with Gasteiger partial charge in [0.1, 0.15) is 5.69 Å². The van der Waals surface area contributed by atoms with Crippen LogP contribution in [0.15, 0.2) is 48.9 Å². The van der Waals surface area contributed by atoms with Gasteiger partial charge in [0.05, 0.1) is 11.3 Å². The molecule has 0 unspecified atom stereocenters. The molecule has 3 rings (SSSR count). The normalized spacial score (nSPS) is 11.7. The molecule has 146 valence electrons. The number of aromatic nitrogens is 4. The average Bonchev–Trinajstić information content (AvgIpc) is 3.16. The second kappa shape index (κ2) is 7.41. The van der Waals surface area contributed by atoms with Gasteiger partial charge in [0.2, 0.25) is 0 Å². The van der Waals surface area contributed by atoms with Crippen molar-refractivity contribution in [1.29, 1.82) is 0 Å². The van der Waals surface area contributed by atoms with Crippen LogP contribution in [-0.2, 0) is 6.18 Å². The van der Waals surface area contributed by atoms with Gasteiger partial charge in [-0.05, 0) is 44.2 Å². The van der Waals surface area contributed by atoms with E-state index in [0.717, 1.165) is 12.3 Å². The number of alkyl halides is 3. The third-order valence-corrected chi connectivity index (χ3v) is 4.27. The SMILES string of the molecule is CC(C)N(C)C(=O)c1ccc(-c2ccn(-c3ccc(C(F)(F)F)cn3)n2)cn1. The van der Waals surface area contributed by atoms with Gasteiger partial charge in [0, 0.05) is 37.2 Å². The van der Waals surface area contributed by atoms with E-state index < -0.39 is 11.7 Å². The first-order valence-electron chi connectivity index (χ1n) is 8.49. The summed E-state index contributed by atoms with van der Waals surface area (Å²) in [5, 5.41) is 4.32. The fraction of sp³-hybridized carbons (Fsp3) is 0.263. The van der Waals surface area contributed by atoms with Gasteiger partial charge in [-0.3, -0.25) is 9.78 Å². The van der Waals surface area contributed by atoms with Crippen molar-refractivity contribution >= 4 is 5.91 Å². The van der Waals surface area contributed by atoms with E-state index >= 15 is 0 Å². The van der Waals surface area contributed by atoms with Crippen molar-refractivity contribution < 1.29 is 18.0 Å². The Morgan fingerprint density at radius 2 is 1.82 bits per heavy atom. The van der Waals surface area contributed by atoms with Crippen LogP contribution in [0.25, 0.3) is 17.1 Å². The maximum Gasteiger partial charge on any atom is 0.417 e. The lowest BCUT2D eigenvalue weighted by molar-refractivity contribution is -0.137. The molecule has 0 aromatic carbocycles. The Bertz CT molecular complexity index is 962. The van der Waals surface area contributed by atoms with Gasteiger partial charge >= 0.3 is 6.18 Å². The summed E-state index contributed by atoms with van der Waals surface area (Å²) in [5.74, 6) is 0.0820. The summed E-state index contributed by atoms with van der Waals surface area (Å²) in [6, 6.07) is 7.30. The molecule has 0 fully saturated rings. The zero-order chi connectivity index (χ0) is 20.5. The third-order valence-electron chi connectivity index (χ3n) is 4.27. The molecule has 3 heterocycles. The zero-order valence-electron chi connectivity index (χ0n) is 15.5. The van der Waals surface area contributed by atoms with Crippen molar-refractivity contribution in [2.45, 2.75) is 26.1 Å². The fourth-order valence-corrected chi connectivity index (χ4v) is 2.38. The van der Waals surface area contributed by atoms with Crippen LogP contribution in [-0.4, -0.2) is 43.6 Å². The maximum absolute atomic E-state index is 12.6. The first-order valence-corrected chi connectivity index (χ1v) is 8.49. The summed E-state index contributed by atoms with van der Waals surface area (Å²) in [6.45, 7) is 3.82. The van der Waals surface area contributed by atoms with Gasteiger partial charge in [-0.15, -0.1) is 0 Å². The van der Waals surface area contributed by atoms with Gasteiger partial charge in [0.25, 0.3) is 5.91 Å². The molecule has 0 aliphatic rings. The molecule has 0 radical (unpaired) electrons. The molecule has 0 N–H and O–H groups in total. The highest BCUT2D eigenvalue weighted by molar-refractivity contribution is 5.92. The van der Waals surface area contributed by atoms with Gasteiger partial charge in [-0.25, -0.2) is 9.67 Å². The van der Waals surface area contributed by atoms with E-state index in [4.69, 9.17) is 0 Å². The monoisotopic (exact) mass is 389 g/mol. The Morgan fingerprint density at radius 3 is 2.36 bits per heavy atom. The van der Waals surface area contributed by atoms with E-state index in [0.29, 0.717) is 17.0 Å². The summed E-state index contributed by atoms with van der Waals surface area (Å²) in [7, 11) is 1.71. The number of rotatable bonds is 4. The van der Waals surface area contributed by atoms with Crippen molar-refractivity contribution in [2.24, 2.45) is 0 Å². The smallest absolute Gasteiger partial charge is 0.338 e. The number of hydrogen-bond donors (Lipinski definition) is 0. The predicted molar refractivity (Wildman–Crippen MR) is 96.8 cm³/mol. The lowest BCUT2D eigenvalue weighted by Crippen LogP contribution is -2.33. The topological polar surface area (TPSA) is 63.9 Å². The van der Waals surface area contributed by atoms with Crippen LogP contribution in [0.1, 0.15) is 29.9 Å². The number of carbonyl (C=O) groups is 1. The summed E-state index contributed by atoms with van der Waals surface area (Å²) in [5.41, 5.74) is 0.739. The van der Waals surface area contributed by atoms with Gasteiger partial charge < -0.3 is 4.90 Å². The summed E-state index contributed by atoms with van der Waals surface area (Å²) in [4.78, 5) is 21.9. The molecule has 0 aliphatic carbocycles. The van der Waals surface area contributed by atoms with Crippen molar-refractivity contribution in [2.75, 3.05) is 7.05 Å². The molecular weight excluding hydrogens is 371 g/mol. The minimum atomic E-state index is -4.44. The van der Waals surface area contributed by atoms with E-state index in [1.54, 1.807) is 36.3 Å². The molecule has 0 spiro atoms. The number of amides is 1. The highest BCUT2D eigenvalue weighted by atomic mass is 19.4. The van der Waals surface area contributed by atoms with Gasteiger partial charge in [-0.2, -0.15) is 18.3 Å². The van der Waals surface area contributed by atoms with Crippen LogP contribution in [0.4, 0.5) is 13.2 Å². The maximum atomic E-state index is 12.6. The minimum absolute atomic E-state index is 0.0564. The van der Waals surface area contributed by atoms with Crippen LogP contribution < -0.4 is 0 Å². The van der Waals surface area contributed by atoms with E-state index in [1.165, 1.54) is 16.9 Å². The van der Waals surface area contributed by atoms with E-state index in [1.807, 2.05) is 13.8 Å². The average molecular weight is 389 g/mol. The molecule has 9 heteroatoms. The fourth-order valence-electron chi connectivity index (χ4n) is 2.38. The lowest BCUT2D eigenvalue weighted by atomic mass is 10.2. The Labute approximate surface area is 159 Å². The highest BCUT2D eigenvalue weighted by Gasteiger charge is 2.30. The number of carbonyl (C=O) groups excluding carboxylic acids is 1. The Balaban J connectivity index is 1.79. The van der Waals surface area contributed by atoms with Crippen molar-refractivity contribution in [1.82, 2.24) is 24.6 Å². The van der Waals surface area contributed by atoms with Gasteiger partial charge in [0.15, 0.2) is 5.82 Å². The highest BCUT2D eigenvalue weighted by Crippen LogP contribution is 2.28. The van der Waals surface area contributed by atoms with Gasteiger partial charge in [-0.1, -0.05) is 0 Å². The molecular formula is C19H18F3N5O. The van der Waals surface area contributed by atoms with Crippen LogP contribution >= 0.6 is 0 Å². The molecule has 0 saturated heterocycles. The summed E-state index contributed by atoms with van der Waals surface area (Å²) >= 11 is 0. The first-order chi connectivity index (χ1) is 13.2. The Kier molecular flexibility index (Phi) is 5.17. The number of pyridine rings is 2. The largest absolute Gasteiger partial charge is 0.417 e. The van der Waals surface area contributed by atoms with Crippen molar-refractivity contribution in [3.05, 3.63) is 60.2 Å². The molecule has 3 aromatic heterocycles. The molecule has 28 heavy (non-hydrogen) atoms. The molecule has 3 aromatic rings. The van der Waals surface area contributed by atoms with E-state index in [9.17, 15) is 18.0 Å². The molecule has 0 bridgehead atoms. The second-order valence-corrected chi connectivity index (χ2v) is 6.49. The number of nitrogens with zero attached hydrogens (tertiary/aromatic N) is 5. The third kappa shape index (κ3) is 4.03. The summed E-state index contributed by atoms with van der Waals surface area (Å²) < 4.78 is 39.3. The molecule has 0 atom stereocenters. The Hall–Kier alpha value is -3.23. The van der Waals surface area contributed by atoms with Crippen molar-refractivity contribution in [3.63, 3.8) is 0 Å². The molecule has 1 amide bonds. The molecule has 6 nitrogen and oxygen atoms in total.